The summed E-state index contributed by atoms with van der Waals surface area (Å²) >= 11 is 0. The first-order valence-electron chi connectivity index (χ1n) is 7.81. The van der Waals surface area contributed by atoms with E-state index in [9.17, 15) is 0 Å². The molecule has 1 N–H and O–H groups in total. The lowest BCUT2D eigenvalue weighted by Crippen LogP contribution is -2.37. The van der Waals surface area contributed by atoms with Crippen molar-refractivity contribution in [1.82, 2.24) is 5.32 Å². The molecule has 0 saturated heterocycles. The normalized spacial score (nSPS) is 25.0. The van der Waals surface area contributed by atoms with E-state index in [2.05, 4.69) is 24.4 Å². The molecule has 1 saturated carbocycles. The highest BCUT2D eigenvalue weighted by molar-refractivity contribution is 5.31. The minimum atomic E-state index is 0.265. The number of rotatable bonds is 5. The van der Waals surface area contributed by atoms with Gasteiger partial charge in [0.05, 0.1) is 17.7 Å². The monoisotopic (exact) mass is 281 g/mol. The zero-order valence-electron chi connectivity index (χ0n) is 12.7. The van der Waals surface area contributed by atoms with Gasteiger partial charge in [0.15, 0.2) is 0 Å². The van der Waals surface area contributed by atoms with Gasteiger partial charge in [-0.05, 0) is 55.2 Å². The largest absolute Gasteiger partial charge is 0.310 e. The van der Waals surface area contributed by atoms with E-state index >= 15 is 0 Å². The van der Waals surface area contributed by atoms with Gasteiger partial charge in [-0.3, -0.25) is 0 Å². The quantitative estimate of drug-likeness (QED) is 0.890. The molecule has 1 aliphatic carbocycles. The lowest BCUT2D eigenvalue weighted by Gasteiger charge is -2.38. The van der Waals surface area contributed by atoms with E-state index in [0.717, 1.165) is 38.6 Å². The molecule has 110 valence electrons. The maximum atomic E-state index is 8.99. The van der Waals surface area contributed by atoms with Gasteiger partial charge in [0.25, 0.3) is 0 Å². The number of nitrogens with one attached hydrogen (secondary N) is 1. The Kier molecular flexibility index (Phi) is 5.37. The first kappa shape index (κ1) is 15.5. The molecule has 1 fully saturated rings. The highest BCUT2D eigenvalue weighted by Gasteiger charge is 2.33. The molecule has 1 aromatic rings. The van der Waals surface area contributed by atoms with Crippen molar-refractivity contribution in [3.8, 4) is 12.1 Å². The Morgan fingerprint density at radius 1 is 1.19 bits per heavy atom. The van der Waals surface area contributed by atoms with Crippen LogP contribution >= 0.6 is 0 Å². The van der Waals surface area contributed by atoms with E-state index in [1.165, 1.54) is 5.56 Å². The SMILES string of the molecule is CCC1(CC#N)CCC(NCc2ccc(C#N)cc2)CC1. The maximum Gasteiger partial charge on any atom is 0.0991 e. The highest BCUT2D eigenvalue weighted by atomic mass is 14.9. The fourth-order valence-corrected chi connectivity index (χ4v) is 3.22. The third-order valence-electron chi connectivity index (χ3n) is 4.93. The minimum Gasteiger partial charge on any atom is -0.310 e. The molecule has 0 heterocycles. The maximum absolute atomic E-state index is 8.99. The van der Waals surface area contributed by atoms with Crippen molar-refractivity contribution in [1.29, 1.82) is 10.5 Å². The molecule has 21 heavy (non-hydrogen) atoms. The Hall–Kier alpha value is -1.84. The smallest absolute Gasteiger partial charge is 0.0991 e. The van der Waals surface area contributed by atoms with Crippen LogP contribution in [0.25, 0.3) is 0 Å². The van der Waals surface area contributed by atoms with Gasteiger partial charge in [-0.2, -0.15) is 10.5 Å². The summed E-state index contributed by atoms with van der Waals surface area (Å²) in [5.74, 6) is 0. The van der Waals surface area contributed by atoms with E-state index in [4.69, 9.17) is 10.5 Å². The lowest BCUT2D eigenvalue weighted by molar-refractivity contribution is 0.159. The Morgan fingerprint density at radius 3 is 2.38 bits per heavy atom. The molecule has 0 atom stereocenters. The van der Waals surface area contributed by atoms with Crippen molar-refractivity contribution < 1.29 is 0 Å². The summed E-state index contributed by atoms with van der Waals surface area (Å²) in [6.07, 6.45) is 6.44. The van der Waals surface area contributed by atoms with Crippen LogP contribution in [0.5, 0.6) is 0 Å². The average molecular weight is 281 g/mol. The lowest BCUT2D eigenvalue weighted by atomic mass is 9.69. The molecule has 3 nitrogen and oxygen atoms in total. The Morgan fingerprint density at radius 2 is 1.86 bits per heavy atom. The Bertz CT molecular complexity index is 525. The summed E-state index contributed by atoms with van der Waals surface area (Å²) in [6.45, 7) is 3.07. The summed E-state index contributed by atoms with van der Waals surface area (Å²) in [5.41, 5.74) is 2.19. The number of hydrogen-bond acceptors (Lipinski definition) is 3. The van der Waals surface area contributed by atoms with Crippen LogP contribution in [0.15, 0.2) is 24.3 Å². The molecule has 0 aromatic heterocycles. The second kappa shape index (κ2) is 7.25. The first-order chi connectivity index (χ1) is 10.2. The number of nitrogens with zero attached hydrogens (tertiary/aromatic N) is 2. The molecule has 0 amide bonds. The summed E-state index contributed by atoms with van der Waals surface area (Å²) < 4.78 is 0. The molecular formula is C18H23N3. The first-order valence-corrected chi connectivity index (χ1v) is 7.81. The molecule has 1 aromatic carbocycles. The highest BCUT2D eigenvalue weighted by Crippen LogP contribution is 2.41. The predicted molar refractivity (Wildman–Crippen MR) is 83.2 cm³/mol. The van der Waals surface area contributed by atoms with Crippen LogP contribution in [-0.2, 0) is 6.54 Å². The van der Waals surface area contributed by atoms with Gasteiger partial charge in [-0.15, -0.1) is 0 Å². The van der Waals surface area contributed by atoms with Gasteiger partial charge in [-0.25, -0.2) is 0 Å². The van der Waals surface area contributed by atoms with Crippen LogP contribution in [0.1, 0.15) is 56.6 Å². The van der Waals surface area contributed by atoms with Crippen LogP contribution < -0.4 is 5.32 Å². The number of hydrogen-bond donors (Lipinski definition) is 1. The van der Waals surface area contributed by atoms with Gasteiger partial charge in [0.2, 0.25) is 0 Å². The molecule has 0 unspecified atom stereocenters. The fourth-order valence-electron chi connectivity index (χ4n) is 3.22. The van der Waals surface area contributed by atoms with Gasteiger partial charge in [0, 0.05) is 19.0 Å². The molecule has 1 aliphatic rings. The second-order valence-electron chi connectivity index (χ2n) is 6.15. The third-order valence-corrected chi connectivity index (χ3v) is 4.93. The van der Waals surface area contributed by atoms with E-state index in [1.807, 2.05) is 24.3 Å². The average Bonchev–Trinajstić information content (AvgIpc) is 2.55. The van der Waals surface area contributed by atoms with E-state index in [1.54, 1.807) is 0 Å². The molecular weight excluding hydrogens is 258 g/mol. The van der Waals surface area contributed by atoms with Crippen LogP contribution in [0.3, 0.4) is 0 Å². The standard InChI is InChI=1S/C18H23N3/c1-2-18(11-12-19)9-7-17(8-10-18)21-14-16-5-3-15(13-20)4-6-16/h3-6,17,21H,2,7-11,14H2,1H3. The predicted octanol–water partition coefficient (Wildman–Crippen LogP) is 3.90. The molecule has 0 spiro atoms. The zero-order chi connectivity index (χ0) is 15.1. The van der Waals surface area contributed by atoms with Crippen molar-refractivity contribution in [2.24, 2.45) is 5.41 Å². The van der Waals surface area contributed by atoms with Gasteiger partial charge in [-0.1, -0.05) is 19.1 Å². The van der Waals surface area contributed by atoms with Crippen molar-refractivity contribution in [3.05, 3.63) is 35.4 Å². The number of nitriles is 2. The Labute approximate surface area is 127 Å². The van der Waals surface area contributed by atoms with Crippen molar-refractivity contribution >= 4 is 0 Å². The van der Waals surface area contributed by atoms with Crippen LogP contribution in [-0.4, -0.2) is 6.04 Å². The van der Waals surface area contributed by atoms with Crippen LogP contribution in [0.2, 0.25) is 0 Å². The minimum absolute atomic E-state index is 0.265. The van der Waals surface area contributed by atoms with E-state index in [-0.39, 0.29) is 5.41 Å². The van der Waals surface area contributed by atoms with Gasteiger partial charge in [0.1, 0.15) is 0 Å². The second-order valence-corrected chi connectivity index (χ2v) is 6.15. The van der Waals surface area contributed by atoms with Crippen LogP contribution in [0, 0.1) is 28.1 Å². The summed E-state index contributed by atoms with van der Waals surface area (Å²) in [7, 11) is 0. The topological polar surface area (TPSA) is 59.6 Å². The molecule has 3 heteroatoms. The van der Waals surface area contributed by atoms with Crippen molar-refractivity contribution in [3.63, 3.8) is 0 Å². The van der Waals surface area contributed by atoms with Crippen molar-refractivity contribution in [2.45, 2.75) is 58.0 Å². The molecule has 0 aliphatic heterocycles. The summed E-state index contributed by atoms with van der Waals surface area (Å²) in [4.78, 5) is 0. The molecule has 0 bridgehead atoms. The van der Waals surface area contributed by atoms with Crippen molar-refractivity contribution in [2.75, 3.05) is 0 Å². The molecule has 2 rings (SSSR count). The van der Waals surface area contributed by atoms with Gasteiger partial charge >= 0.3 is 0 Å². The number of benzene rings is 1. The zero-order valence-corrected chi connectivity index (χ0v) is 12.7. The summed E-state index contributed by atoms with van der Waals surface area (Å²) in [6, 6.07) is 12.8. The third kappa shape index (κ3) is 4.06. The van der Waals surface area contributed by atoms with E-state index in [0.29, 0.717) is 18.0 Å². The molecule has 0 radical (unpaired) electrons. The van der Waals surface area contributed by atoms with E-state index < -0.39 is 0 Å². The van der Waals surface area contributed by atoms with Crippen LogP contribution in [0.4, 0.5) is 0 Å². The fraction of sp³-hybridized carbons (Fsp3) is 0.556. The Balaban J connectivity index is 1.81. The van der Waals surface area contributed by atoms with Gasteiger partial charge < -0.3 is 5.32 Å². The summed E-state index contributed by atoms with van der Waals surface area (Å²) in [5, 5.41) is 21.4.